The van der Waals surface area contributed by atoms with Crippen LogP contribution in [0.25, 0.3) is 0 Å². The van der Waals surface area contributed by atoms with Crippen LogP contribution in [-0.4, -0.2) is 29.6 Å². The highest BCUT2D eigenvalue weighted by atomic mass is 16.5. The molecule has 1 rings (SSSR count). The Morgan fingerprint density at radius 1 is 1.24 bits per heavy atom. The van der Waals surface area contributed by atoms with E-state index in [0.29, 0.717) is 6.42 Å². The second-order valence-electron chi connectivity index (χ2n) is 4.85. The van der Waals surface area contributed by atoms with Crippen molar-refractivity contribution in [3.8, 4) is 0 Å². The van der Waals surface area contributed by atoms with Crippen LogP contribution in [0.5, 0.6) is 0 Å². The lowest BCUT2D eigenvalue weighted by atomic mass is 10.2. The first-order valence-corrected chi connectivity index (χ1v) is 7.28. The van der Waals surface area contributed by atoms with Crippen LogP contribution in [0.3, 0.4) is 0 Å². The molecule has 0 unspecified atom stereocenters. The van der Waals surface area contributed by atoms with E-state index < -0.39 is 18.6 Å². The number of carbonyl (C=O) groups is 2. The van der Waals surface area contributed by atoms with Crippen LogP contribution in [0.2, 0.25) is 0 Å². The lowest BCUT2D eigenvalue weighted by molar-refractivity contribution is -0.150. The molecule has 5 nitrogen and oxygen atoms in total. The van der Waals surface area contributed by atoms with E-state index in [-0.39, 0.29) is 12.5 Å². The quantitative estimate of drug-likeness (QED) is 0.537. The molecule has 0 aromatic heterocycles. The number of hydrogen-bond donors (Lipinski definition) is 2. The van der Waals surface area contributed by atoms with E-state index >= 15 is 0 Å². The van der Waals surface area contributed by atoms with Gasteiger partial charge in [-0.3, -0.25) is 4.79 Å². The smallest absolute Gasteiger partial charge is 0.331 e. The average Bonchev–Trinajstić information content (AvgIpc) is 2.51. The number of aliphatic hydroxyl groups is 1. The number of carbonyl (C=O) groups excluding carboxylic acids is 2. The van der Waals surface area contributed by atoms with Crippen molar-refractivity contribution in [2.24, 2.45) is 0 Å². The molecule has 5 heteroatoms. The molecule has 0 fully saturated rings. The Morgan fingerprint density at radius 3 is 2.57 bits per heavy atom. The van der Waals surface area contributed by atoms with Crippen molar-refractivity contribution in [1.82, 2.24) is 5.32 Å². The Balaban J connectivity index is 2.36. The van der Waals surface area contributed by atoms with Gasteiger partial charge in [-0.2, -0.15) is 0 Å². The van der Waals surface area contributed by atoms with Crippen molar-refractivity contribution >= 4 is 11.9 Å². The third kappa shape index (κ3) is 6.90. The van der Waals surface area contributed by atoms with Gasteiger partial charge in [-0.15, -0.1) is 0 Å². The van der Waals surface area contributed by atoms with Crippen molar-refractivity contribution in [2.75, 3.05) is 6.61 Å². The third-order valence-corrected chi connectivity index (χ3v) is 3.03. The zero-order chi connectivity index (χ0) is 15.5. The summed E-state index contributed by atoms with van der Waals surface area (Å²) in [6.07, 6.45) is 3.13. The predicted octanol–water partition coefficient (Wildman–Crippen LogP) is 1.79. The van der Waals surface area contributed by atoms with E-state index in [0.717, 1.165) is 24.8 Å². The van der Waals surface area contributed by atoms with Gasteiger partial charge in [0.1, 0.15) is 6.61 Å². The van der Waals surface area contributed by atoms with E-state index in [1.165, 1.54) is 0 Å². The molecule has 1 aromatic carbocycles. The Morgan fingerprint density at radius 2 is 1.95 bits per heavy atom. The first-order chi connectivity index (χ1) is 10.2. The number of hydrogen-bond acceptors (Lipinski definition) is 4. The molecule has 1 atom stereocenters. The monoisotopic (exact) mass is 293 g/mol. The van der Waals surface area contributed by atoms with Crippen LogP contribution in [-0.2, 0) is 20.9 Å². The molecule has 21 heavy (non-hydrogen) atoms. The Bertz CT molecular complexity index is 433. The molecule has 0 bridgehead atoms. The van der Waals surface area contributed by atoms with Crippen LogP contribution < -0.4 is 5.32 Å². The highest BCUT2D eigenvalue weighted by molar-refractivity contribution is 5.84. The third-order valence-electron chi connectivity index (χ3n) is 3.03. The molecule has 0 saturated heterocycles. The minimum atomic E-state index is -0.997. The van der Waals surface area contributed by atoms with E-state index in [9.17, 15) is 14.7 Å². The van der Waals surface area contributed by atoms with Crippen molar-refractivity contribution in [1.29, 1.82) is 0 Å². The molecule has 0 aliphatic carbocycles. The summed E-state index contributed by atoms with van der Waals surface area (Å²) in [5.74, 6) is -0.857. The highest BCUT2D eigenvalue weighted by Gasteiger charge is 2.21. The number of esters is 1. The molecule has 0 radical (unpaired) electrons. The van der Waals surface area contributed by atoms with Gasteiger partial charge in [0.15, 0.2) is 6.04 Å². The Kier molecular flexibility index (Phi) is 8.12. The topological polar surface area (TPSA) is 75.6 Å². The van der Waals surface area contributed by atoms with Gasteiger partial charge in [0.2, 0.25) is 5.91 Å². The molecule has 0 heterocycles. The fourth-order valence-electron chi connectivity index (χ4n) is 1.81. The van der Waals surface area contributed by atoms with E-state index in [1.807, 2.05) is 30.3 Å². The standard InChI is InChI=1S/C16H23NO4/c1-2-3-5-10-15(19)17-14(11-18)16(20)21-12-13-8-6-4-7-9-13/h4,6-9,14,18H,2-3,5,10-12H2,1H3,(H,17,19)/t14-/m0/s1. The summed E-state index contributed by atoms with van der Waals surface area (Å²) in [5, 5.41) is 11.7. The number of rotatable bonds is 9. The van der Waals surface area contributed by atoms with Gasteiger partial charge in [-0.05, 0) is 12.0 Å². The molecule has 2 N–H and O–H groups in total. The summed E-state index contributed by atoms with van der Waals surface area (Å²) in [5.41, 5.74) is 0.858. The van der Waals surface area contributed by atoms with Crippen LogP contribution >= 0.6 is 0 Å². The normalized spacial score (nSPS) is 11.7. The van der Waals surface area contributed by atoms with Gasteiger partial charge in [-0.1, -0.05) is 50.1 Å². The molecule has 0 aliphatic rings. The maximum absolute atomic E-state index is 11.8. The van der Waals surface area contributed by atoms with Crippen LogP contribution in [0.1, 0.15) is 38.2 Å². The maximum Gasteiger partial charge on any atom is 0.331 e. The SMILES string of the molecule is CCCCCC(=O)N[C@@H](CO)C(=O)OCc1ccccc1. The Hall–Kier alpha value is -1.88. The summed E-state index contributed by atoms with van der Waals surface area (Å²) in [6.45, 7) is 1.71. The van der Waals surface area contributed by atoms with Gasteiger partial charge in [0, 0.05) is 6.42 Å². The summed E-state index contributed by atoms with van der Waals surface area (Å²) in [4.78, 5) is 23.5. The summed E-state index contributed by atoms with van der Waals surface area (Å²) < 4.78 is 5.09. The van der Waals surface area contributed by atoms with Crippen LogP contribution in [0.15, 0.2) is 30.3 Å². The zero-order valence-electron chi connectivity index (χ0n) is 12.4. The largest absolute Gasteiger partial charge is 0.459 e. The molecular weight excluding hydrogens is 270 g/mol. The summed E-state index contributed by atoms with van der Waals surface area (Å²) in [7, 11) is 0. The minimum Gasteiger partial charge on any atom is -0.459 e. The average molecular weight is 293 g/mol. The number of aliphatic hydroxyl groups excluding tert-OH is 1. The van der Waals surface area contributed by atoms with E-state index in [2.05, 4.69) is 12.2 Å². The second kappa shape index (κ2) is 9.94. The number of unbranched alkanes of at least 4 members (excludes halogenated alkanes) is 2. The van der Waals surface area contributed by atoms with Gasteiger partial charge in [0.25, 0.3) is 0 Å². The number of nitrogens with one attached hydrogen (secondary N) is 1. The second-order valence-corrected chi connectivity index (χ2v) is 4.85. The van der Waals surface area contributed by atoms with Gasteiger partial charge >= 0.3 is 5.97 Å². The summed E-state index contributed by atoms with van der Waals surface area (Å²) >= 11 is 0. The first kappa shape index (κ1) is 17.2. The maximum atomic E-state index is 11.8. The van der Waals surface area contributed by atoms with Crippen molar-refractivity contribution in [2.45, 2.75) is 45.3 Å². The van der Waals surface area contributed by atoms with Gasteiger partial charge in [0.05, 0.1) is 6.61 Å². The molecule has 0 spiro atoms. The van der Waals surface area contributed by atoms with Gasteiger partial charge in [-0.25, -0.2) is 4.79 Å². The van der Waals surface area contributed by atoms with Gasteiger partial charge < -0.3 is 15.2 Å². The van der Waals surface area contributed by atoms with Crippen molar-refractivity contribution < 1.29 is 19.4 Å². The summed E-state index contributed by atoms with van der Waals surface area (Å²) in [6, 6.07) is 8.25. The molecule has 1 aromatic rings. The Labute approximate surface area is 125 Å². The zero-order valence-corrected chi connectivity index (χ0v) is 12.4. The number of amides is 1. The minimum absolute atomic E-state index is 0.127. The predicted molar refractivity (Wildman–Crippen MR) is 79.4 cm³/mol. The number of benzene rings is 1. The van der Waals surface area contributed by atoms with E-state index in [4.69, 9.17) is 4.74 Å². The molecule has 116 valence electrons. The molecule has 0 saturated carbocycles. The number of ether oxygens (including phenoxy) is 1. The fraction of sp³-hybridized carbons (Fsp3) is 0.500. The van der Waals surface area contributed by atoms with E-state index in [1.54, 1.807) is 0 Å². The lowest BCUT2D eigenvalue weighted by Crippen LogP contribution is -2.44. The van der Waals surface area contributed by atoms with Crippen LogP contribution in [0.4, 0.5) is 0 Å². The highest BCUT2D eigenvalue weighted by Crippen LogP contribution is 2.03. The molecule has 1 amide bonds. The lowest BCUT2D eigenvalue weighted by Gasteiger charge is -2.15. The fourth-order valence-corrected chi connectivity index (χ4v) is 1.81. The van der Waals surface area contributed by atoms with Crippen molar-refractivity contribution in [3.05, 3.63) is 35.9 Å². The van der Waals surface area contributed by atoms with Crippen LogP contribution in [0, 0.1) is 0 Å². The molecular formula is C16H23NO4. The van der Waals surface area contributed by atoms with Crippen molar-refractivity contribution in [3.63, 3.8) is 0 Å². The molecule has 0 aliphatic heterocycles. The first-order valence-electron chi connectivity index (χ1n) is 7.28.